The summed E-state index contributed by atoms with van der Waals surface area (Å²) in [5, 5.41) is 5.89. The second-order valence-electron chi connectivity index (χ2n) is 7.31. The van der Waals surface area contributed by atoms with Crippen LogP contribution in [-0.4, -0.2) is 58.4 Å². The van der Waals surface area contributed by atoms with Crippen molar-refractivity contribution in [1.82, 2.24) is 20.2 Å². The average Bonchev–Trinajstić information content (AvgIpc) is 3.17. The highest BCUT2D eigenvalue weighted by Crippen LogP contribution is 2.21. The SMILES string of the molecule is O=CNC(=O)C=Cc1ccc(C(=O)N2C[C@H](Nc3ncc4ccccc4n3)[C@@H](F)C2)cc1. The van der Waals surface area contributed by atoms with Crippen molar-refractivity contribution in [3.05, 3.63) is 71.9 Å². The van der Waals surface area contributed by atoms with Crippen molar-refractivity contribution in [3.8, 4) is 0 Å². The van der Waals surface area contributed by atoms with E-state index in [9.17, 15) is 18.8 Å². The number of hydrogen-bond donors (Lipinski definition) is 2. The molecule has 0 aliphatic carbocycles. The fourth-order valence-electron chi connectivity index (χ4n) is 3.47. The van der Waals surface area contributed by atoms with Gasteiger partial charge in [0.1, 0.15) is 6.17 Å². The first kappa shape index (κ1) is 21.1. The third-order valence-electron chi connectivity index (χ3n) is 5.13. The van der Waals surface area contributed by atoms with Crippen molar-refractivity contribution in [3.63, 3.8) is 0 Å². The van der Waals surface area contributed by atoms with Gasteiger partial charge in [-0.05, 0) is 29.8 Å². The van der Waals surface area contributed by atoms with Crippen LogP contribution in [0.1, 0.15) is 15.9 Å². The number of aromatic nitrogens is 2. The molecule has 1 fully saturated rings. The van der Waals surface area contributed by atoms with E-state index in [1.807, 2.05) is 29.6 Å². The van der Waals surface area contributed by atoms with Crippen molar-refractivity contribution in [2.75, 3.05) is 18.4 Å². The van der Waals surface area contributed by atoms with Gasteiger partial charge in [-0.2, -0.15) is 0 Å². The van der Waals surface area contributed by atoms with Crippen LogP contribution < -0.4 is 10.6 Å². The molecular weight excluding hydrogens is 413 g/mol. The van der Waals surface area contributed by atoms with Crippen molar-refractivity contribution < 1.29 is 18.8 Å². The van der Waals surface area contributed by atoms with Crippen LogP contribution in [0.5, 0.6) is 0 Å². The van der Waals surface area contributed by atoms with Crippen molar-refractivity contribution in [1.29, 1.82) is 0 Å². The van der Waals surface area contributed by atoms with E-state index in [4.69, 9.17) is 0 Å². The van der Waals surface area contributed by atoms with Gasteiger partial charge < -0.3 is 10.2 Å². The molecule has 32 heavy (non-hydrogen) atoms. The number of hydrogen-bond acceptors (Lipinski definition) is 6. The fraction of sp³-hybridized carbons (Fsp3) is 0.174. The molecule has 3 amide bonds. The fourth-order valence-corrected chi connectivity index (χ4v) is 3.47. The van der Waals surface area contributed by atoms with Gasteiger partial charge >= 0.3 is 0 Å². The number of amides is 3. The topological polar surface area (TPSA) is 104 Å². The van der Waals surface area contributed by atoms with Crippen molar-refractivity contribution in [2.24, 2.45) is 0 Å². The molecule has 0 radical (unpaired) electrons. The van der Waals surface area contributed by atoms with E-state index >= 15 is 0 Å². The lowest BCUT2D eigenvalue weighted by Gasteiger charge is -2.17. The molecule has 2 heterocycles. The monoisotopic (exact) mass is 433 g/mol. The van der Waals surface area contributed by atoms with Gasteiger partial charge in [-0.25, -0.2) is 14.4 Å². The number of carbonyl (C=O) groups excluding carboxylic acids is 3. The van der Waals surface area contributed by atoms with E-state index < -0.39 is 18.1 Å². The maximum Gasteiger partial charge on any atom is 0.254 e. The molecule has 8 nitrogen and oxygen atoms in total. The number of nitrogens with one attached hydrogen (secondary N) is 2. The molecule has 1 saturated heterocycles. The Kier molecular flexibility index (Phi) is 6.16. The predicted octanol–water partition coefficient (Wildman–Crippen LogP) is 2.19. The number of benzene rings is 2. The second kappa shape index (κ2) is 9.34. The number of carbonyl (C=O) groups is 3. The molecule has 1 aromatic heterocycles. The lowest BCUT2D eigenvalue weighted by Crippen LogP contribution is -2.32. The Labute approximate surface area is 183 Å². The summed E-state index contributed by atoms with van der Waals surface area (Å²) in [6.45, 7) is 0.154. The normalized spacial score (nSPS) is 18.1. The molecular formula is C23H20FN5O3. The summed E-state index contributed by atoms with van der Waals surface area (Å²) in [6.07, 6.45) is 3.45. The third-order valence-corrected chi connectivity index (χ3v) is 5.13. The molecule has 3 aromatic rings. The minimum atomic E-state index is -1.26. The van der Waals surface area contributed by atoms with Gasteiger partial charge in [0.25, 0.3) is 5.91 Å². The highest BCUT2D eigenvalue weighted by atomic mass is 19.1. The molecule has 0 spiro atoms. The zero-order valence-electron chi connectivity index (χ0n) is 16.9. The first-order valence-electron chi connectivity index (χ1n) is 9.97. The van der Waals surface area contributed by atoms with E-state index in [0.717, 1.165) is 10.9 Å². The van der Waals surface area contributed by atoms with Crippen LogP contribution in [0.3, 0.4) is 0 Å². The number of imide groups is 1. The smallest absolute Gasteiger partial charge is 0.254 e. The molecule has 1 aliphatic heterocycles. The molecule has 2 atom stereocenters. The number of rotatable bonds is 6. The molecule has 1 aliphatic rings. The first-order valence-corrected chi connectivity index (χ1v) is 9.97. The van der Waals surface area contributed by atoms with Gasteiger partial charge in [0.15, 0.2) is 0 Å². The molecule has 2 N–H and O–H groups in total. The van der Waals surface area contributed by atoms with Crippen LogP contribution in [0.15, 0.2) is 60.8 Å². The van der Waals surface area contributed by atoms with Gasteiger partial charge in [-0.3, -0.25) is 19.7 Å². The van der Waals surface area contributed by atoms with E-state index in [2.05, 4.69) is 15.3 Å². The molecule has 0 saturated carbocycles. The average molecular weight is 433 g/mol. The minimum absolute atomic E-state index is 0.0302. The summed E-state index contributed by atoms with van der Waals surface area (Å²) in [5.74, 6) is -0.508. The Morgan fingerprint density at radius 2 is 1.88 bits per heavy atom. The Balaban J connectivity index is 1.39. The van der Waals surface area contributed by atoms with E-state index in [-0.39, 0.29) is 19.0 Å². The van der Waals surface area contributed by atoms with Crippen LogP contribution in [0.2, 0.25) is 0 Å². The van der Waals surface area contributed by atoms with E-state index in [1.54, 1.807) is 30.5 Å². The molecule has 2 aromatic carbocycles. The summed E-state index contributed by atoms with van der Waals surface area (Å²) in [6, 6.07) is 13.5. The molecule has 4 rings (SSSR count). The highest BCUT2D eigenvalue weighted by Gasteiger charge is 2.36. The first-order chi connectivity index (χ1) is 15.5. The summed E-state index contributed by atoms with van der Waals surface area (Å²) in [4.78, 5) is 44.4. The van der Waals surface area contributed by atoms with Crippen molar-refractivity contribution >= 4 is 41.2 Å². The minimum Gasteiger partial charge on any atom is -0.347 e. The Morgan fingerprint density at radius 3 is 2.66 bits per heavy atom. The Bertz CT molecular complexity index is 1180. The number of fused-ring (bicyclic) bond motifs is 1. The number of halogens is 1. The summed E-state index contributed by atoms with van der Waals surface area (Å²) in [7, 11) is 0. The number of anilines is 1. The molecule has 9 heteroatoms. The molecule has 0 bridgehead atoms. The number of alkyl halides is 1. The largest absolute Gasteiger partial charge is 0.347 e. The molecule has 162 valence electrons. The zero-order chi connectivity index (χ0) is 22.5. The van der Waals surface area contributed by atoms with Crippen LogP contribution in [0.25, 0.3) is 17.0 Å². The standard InChI is InChI=1S/C23H20FN5O3/c24-18-12-29(13-20(18)28-23-25-11-17-3-1-2-4-19(17)27-23)22(32)16-8-5-15(6-9-16)7-10-21(31)26-14-30/h1-11,14,18,20H,12-13H2,(H,25,27,28)(H,26,30,31)/t18-,20-/m0/s1. The van der Waals surface area contributed by atoms with Crippen LogP contribution >= 0.6 is 0 Å². The van der Waals surface area contributed by atoms with E-state index in [0.29, 0.717) is 23.5 Å². The van der Waals surface area contributed by atoms with Gasteiger partial charge in [0.05, 0.1) is 18.1 Å². The Hall–Kier alpha value is -4.14. The predicted molar refractivity (Wildman–Crippen MR) is 117 cm³/mol. The summed E-state index contributed by atoms with van der Waals surface area (Å²) < 4.78 is 14.6. The number of likely N-dealkylation sites (tertiary alicyclic amines) is 1. The molecule has 0 unspecified atom stereocenters. The van der Waals surface area contributed by atoms with Gasteiger partial charge in [-0.15, -0.1) is 0 Å². The van der Waals surface area contributed by atoms with Gasteiger partial charge in [-0.1, -0.05) is 30.3 Å². The van der Waals surface area contributed by atoms with Crippen LogP contribution in [0, 0.1) is 0 Å². The van der Waals surface area contributed by atoms with Crippen molar-refractivity contribution in [2.45, 2.75) is 12.2 Å². The van der Waals surface area contributed by atoms with Crippen LogP contribution in [-0.2, 0) is 9.59 Å². The Morgan fingerprint density at radius 1 is 1.09 bits per heavy atom. The lowest BCUT2D eigenvalue weighted by atomic mass is 10.1. The maximum absolute atomic E-state index is 14.6. The third kappa shape index (κ3) is 4.77. The quantitative estimate of drug-likeness (QED) is 0.456. The maximum atomic E-state index is 14.6. The lowest BCUT2D eigenvalue weighted by molar-refractivity contribution is -0.121. The van der Waals surface area contributed by atoms with Crippen LogP contribution in [0.4, 0.5) is 10.3 Å². The number of para-hydroxylation sites is 1. The zero-order valence-corrected chi connectivity index (χ0v) is 16.9. The summed E-state index contributed by atoms with van der Waals surface area (Å²) in [5.41, 5.74) is 1.85. The summed E-state index contributed by atoms with van der Waals surface area (Å²) >= 11 is 0. The number of nitrogens with zero attached hydrogens (tertiary/aromatic N) is 3. The van der Waals surface area contributed by atoms with Gasteiger partial charge in [0.2, 0.25) is 18.3 Å². The van der Waals surface area contributed by atoms with E-state index in [1.165, 1.54) is 17.1 Å². The van der Waals surface area contributed by atoms with Gasteiger partial charge in [0, 0.05) is 29.8 Å². The highest BCUT2D eigenvalue weighted by molar-refractivity contribution is 5.98. The second-order valence-corrected chi connectivity index (χ2v) is 7.31.